The number of nitrogens with zero attached hydrogens (tertiary/aromatic N) is 2. The van der Waals surface area contributed by atoms with Gasteiger partial charge in [-0.1, -0.05) is 19.1 Å². The maximum atomic E-state index is 13.1. The zero-order chi connectivity index (χ0) is 19.6. The highest BCUT2D eigenvalue weighted by atomic mass is 16.2. The fourth-order valence-corrected chi connectivity index (χ4v) is 4.48. The molecule has 1 unspecified atom stereocenters. The Hall–Kier alpha value is -2.53. The van der Waals surface area contributed by atoms with E-state index in [9.17, 15) is 10.1 Å². The number of fused-ring (bicyclic) bond motifs is 1. The molecule has 2 aliphatic heterocycles. The number of carbonyl (C=O) groups is 1. The first-order valence-electron chi connectivity index (χ1n) is 9.88. The van der Waals surface area contributed by atoms with Crippen molar-refractivity contribution in [3.63, 3.8) is 0 Å². The van der Waals surface area contributed by atoms with Crippen LogP contribution < -0.4 is 21.3 Å². The molecule has 146 valence electrons. The van der Waals surface area contributed by atoms with Crippen LogP contribution in [0.25, 0.3) is 10.9 Å². The summed E-state index contributed by atoms with van der Waals surface area (Å²) in [6, 6.07) is 9.66. The van der Waals surface area contributed by atoms with Gasteiger partial charge in [0.15, 0.2) is 0 Å². The van der Waals surface area contributed by atoms with Gasteiger partial charge < -0.3 is 21.3 Å². The fraction of sp³-hybridized carbons (Fsp3) is 0.476. The van der Waals surface area contributed by atoms with Crippen LogP contribution in [-0.4, -0.2) is 49.7 Å². The van der Waals surface area contributed by atoms with E-state index in [2.05, 4.69) is 39.2 Å². The highest BCUT2D eigenvalue weighted by Gasteiger charge is 2.40. The summed E-state index contributed by atoms with van der Waals surface area (Å²) < 4.78 is 0. The lowest BCUT2D eigenvalue weighted by Gasteiger charge is -2.43. The average Bonchev–Trinajstić information content (AvgIpc) is 2.73. The van der Waals surface area contributed by atoms with Gasteiger partial charge in [-0.3, -0.25) is 9.78 Å². The van der Waals surface area contributed by atoms with Gasteiger partial charge in [-0.05, 0) is 36.6 Å². The number of rotatable bonds is 3. The molecular formula is C21H26N6O. The van der Waals surface area contributed by atoms with Gasteiger partial charge in [-0.25, -0.2) is 0 Å². The van der Waals surface area contributed by atoms with Crippen molar-refractivity contribution in [2.45, 2.75) is 24.9 Å². The molecule has 0 aliphatic carbocycles. The second-order valence-electron chi connectivity index (χ2n) is 7.89. The van der Waals surface area contributed by atoms with Crippen molar-refractivity contribution in [3.05, 3.63) is 41.6 Å². The first-order chi connectivity index (χ1) is 13.6. The molecule has 3 heterocycles. The smallest absolute Gasteiger partial charge is 0.239 e. The van der Waals surface area contributed by atoms with Gasteiger partial charge in [0.05, 0.1) is 22.7 Å². The van der Waals surface area contributed by atoms with Crippen LogP contribution in [0.3, 0.4) is 0 Å². The normalized spacial score (nSPS) is 27.9. The van der Waals surface area contributed by atoms with E-state index in [-0.39, 0.29) is 11.9 Å². The summed E-state index contributed by atoms with van der Waals surface area (Å²) in [5.74, 6) is 0.415. The molecule has 2 saturated heterocycles. The Morgan fingerprint density at radius 2 is 2.18 bits per heavy atom. The second-order valence-corrected chi connectivity index (χ2v) is 7.89. The molecule has 0 radical (unpaired) electrons. The predicted molar refractivity (Wildman–Crippen MR) is 108 cm³/mol. The van der Waals surface area contributed by atoms with Gasteiger partial charge in [0.1, 0.15) is 6.07 Å². The Kier molecular flexibility index (Phi) is 5.27. The standard InChI is InChI=1S/C21H26N6O/c1-14-9-21(13-24-11-14,27-20(28)18-12-23-7-8-25-18)17-5-4-15(10-22)19-16(17)3-2-6-26-19/h2-6,14,18,23-25H,7-9,11-13H2,1H3,(H,27,28)/t14-,18?,21-/m0/s1. The van der Waals surface area contributed by atoms with Crippen molar-refractivity contribution in [3.8, 4) is 6.07 Å². The topological polar surface area (TPSA) is 102 Å². The number of hydrogen-bond acceptors (Lipinski definition) is 6. The predicted octanol–water partition coefficient (Wildman–Crippen LogP) is 0.609. The Balaban J connectivity index is 1.78. The number of benzene rings is 1. The minimum Gasteiger partial charge on any atom is -0.344 e. The van der Waals surface area contributed by atoms with E-state index < -0.39 is 5.54 Å². The third kappa shape index (κ3) is 3.47. The number of amides is 1. The van der Waals surface area contributed by atoms with E-state index in [0.717, 1.165) is 37.0 Å². The monoisotopic (exact) mass is 378 g/mol. The van der Waals surface area contributed by atoms with Crippen LogP contribution in [0.2, 0.25) is 0 Å². The molecular weight excluding hydrogens is 352 g/mol. The van der Waals surface area contributed by atoms with Gasteiger partial charge in [0.2, 0.25) is 5.91 Å². The SMILES string of the molecule is C[C@@H]1CNC[C@](NC(=O)C2CNCCN2)(c2ccc(C#N)c3ncccc23)C1. The molecule has 7 nitrogen and oxygen atoms in total. The van der Waals surface area contributed by atoms with Crippen LogP contribution >= 0.6 is 0 Å². The van der Waals surface area contributed by atoms with Crippen LogP contribution in [0, 0.1) is 17.2 Å². The number of hydrogen-bond donors (Lipinski definition) is 4. The molecule has 2 aliphatic rings. The zero-order valence-electron chi connectivity index (χ0n) is 16.1. The van der Waals surface area contributed by atoms with Crippen LogP contribution in [-0.2, 0) is 10.3 Å². The number of aromatic nitrogens is 1. The molecule has 4 N–H and O–H groups in total. The maximum absolute atomic E-state index is 13.1. The van der Waals surface area contributed by atoms with Gasteiger partial charge in [-0.2, -0.15) is 5.26 Å². The van der Waals surface area contributed by atoms with Crippen molar-refractivity contribution < 1.29 is 4.79 Å². The summed E-state index contributed by atoms with van der Waals surface area (Å²) in [7, 11) is 0. The number of pyridine rings is 1. The number of nitriles is 1. The van der Waals surface area contributed by atoms with Crippen molar-refractivity contribution in [2.24, 2.45) is 5.92 Å². The molecule has 2 aromatic rings. The highest BCUT2D eigenvalue weighted by molar-refractivity contribution is 5.89. The number of piperidine rings is 1. The summed E-state index contributed by atoms with van der Waals surface area (Å²) >= 11 is 0. The van der Waals surface area contributed by atoms with E-state index in [0.29, 0.717) is 30.1 Å². The number of carbonyl (C=O) groups excluding carboxylic acids is 1. The summed E-state index contributed by atoms with van der Waals surface area (Å²) in [4.78, 5) is 17.6. The van der Waals surface area contributed by atoms with E-state index in [4.69, 9.17) is 0 Å². The molecule has 4 rings (SSSR count). The van der Waals surface area contributed by atoms with Crippen LogP contribution in [0.1, 0.15) is 24.5 Å². The van der Waals surface area contributed by atoms with Crippen molar-refractivity contribution in [1.82, 2.24) is 26.3 Å². The molecule has 0 spiro atoms. The Morgan fingerprint density at radius 3 is 2.93 bits per heavy atom. The Labute approximate surface area is 164 Å². The van der Waals surface area contributed by atoms with Crippen LogP contribution in [0.4, 0.5) is 0 Å². The van der Waals surface area contributed by atoms with Crippen molar-refractivity contribution >= 4 is 16.8 Å². The summed E-state index contributed by atoms with van der Waals surface area (Å²) in [5, 5.41) is 23.8. The average molecular weight is 378 g/mol. The van der Waals surface area contributed by atoms with Gasteiger partial charge >= 0.3 is 0 Å². The summed E-state index contributed by atoms with van der Waals surface area (Å²) in [6.07, 6.45) is 2.54. The minimum atomic E-state index is -0.539. The van der Waals surface area contributed by atoms with Crippen LogP contribution in [0.5, 0.6) is 0 Å². The third-order valence-electron chi connectivity index (χ3n) is 5.74. The lowest BCUT2D eigenvalue weighted by atomic mass is 9.77. The second kappa shape index (κ2) is 7.84. The largest absolute Gasteiger partial charge is 0.344 e. The van der Waals surface area contributed by atoms with Crippen molar-refractivity contribution in [2.75, 3.05) is 32.7 Å². The third-order valence-corrected chi connectivity index (χ3v) is 5.74. The molecule has 2 fully saturated rings. The molecule has 7 heteroatoms. The van der Waals surface area contributed by atoms with Gasteiger partial charge in [0, 0.05) is 37.8 Å². The molecule has 0 bridgehead atoms. The minimum absolute atomic E-state index is 0.00417. The first kappa shape index (κ1) is 18.8. The quantitative estimate of drug-likeness (QED) is 0.624. The van der Waals surface area contributed by atoms with Crippen molar-refractivity contribution in [1.29, 1.82) is 5.26 Å². The fourth-order valence-electron chi connectivity index (χ4n) is 4.48. The Morgan fingerprint density at radius 1 is 1.29 bits per heavy atom. The maximum Gasteiger partial charge on any atom is 0.239 e. The van der Waals surface area contributed by atoms with Gasteiger partial charge in [-0.15, -0.1) is 0 Å². The molecule has 1 aromatic carbocycles. The summed E-state index contributed by atoms with van der Waals surface area (Å²) in [6.45, 7) is 6.05. The first-order valence-corrected chi connectivity index (χ1v) is 9.88. The highest BCUT2D eigenvalue weighted by Crippen LogP contribution is 2.36. The molecule has 3 atom stereocenters. The molecule has 28 heavy (non-hydrogen) atoms. The lowest BCUT2D eigenvalue weighted by Crippen LogP contribution is -2.63. The molecule has 1 amide bonds. The van der Waals surface area contributed by atoms with E-state index in [1.54, 1.807) is 6.20 Å². The van der Waals surface area contributed by atoms with Gasteiger partial charge in [0.25, 0.3) is 0 Å². The van der Waals surface area contributed by atoms with E-state index >= 15 is 0 Å². The summed E-state index contributed by atoms with van der Waals surface area (Å²) in [5.41, 5.74) is 1.72. The lowest BCUT2D eigenvalue weighted by molar-refractivity contribution is -0.125. The van der Waals surface area contributed by atoms with Crippen LogP contribution in [0.15, 0.2) is 30.5 Å². The molecule has 1 aromatic heterocycles. The number of nitrogens with one attached hydrogen (secondary N) is 4. The number of piperazine rings is 1. The Bertz CT molecular complexity index is 917. The van der Waals surface area contributed by atoms with E-state index in [1.165, 1.54) is 0 Å². The molecule has 0 saturated carbocycles. The van der Waals surface area contributed by atoms with E-state index in [1.807, 2.05) is 24.3 Å². The zero-order valence-corrected chi connectivity index (χ0v) is 16.1.